The van der Waals surface area contributed by atoms with Crippen molar-refractivity contribution >= 4 is 39.9 Å². The fraction of sp³-hybridized carbons (Fsp3) is 0.395. The molecule has 9 heteroatoms. The molecular formula is C38H41N3O6. The van der Waals surface area contributed by atoms with E-state index < -0.39 is 35.1 Å². The lowest BCUT2D eigenvalue weighted by atomic mass is 9.74. The number of amides is 3. The number of fused-ring (bicyclic) bond motifs is 3. The maximum absolute atomic E-state index is 14.9. The summed E-state index contributed by atoms with van der Waals surface area (Å²) in [6.07, 6.45) is 7.50. The smallest absolute Gasteiger partial charge is 0.253 e. The average molecular weight is 636 g/mol. The summed E-state index contributed by atoms with van der Waals surface area (Å²) in [5, 5.41) is 12.7. The highest BCUT2D eigenvalue weighted by molar-refractivity contribution is 6.08. The molecular weight excluding hydrogens is 594 g/mol. The van der Waals surface area contributed by atoms with Crippen molar-refractivity contribution in [1.29, 1.82) is 0 Å². The lowest BCUT2D eigenvalue weighted by Crippen LogP contribution is -2.59. The van der Waals surface area contributed by atoms with Gasteiger partial charge in [-0.2, -0.15) is 0 Å². The Morgan fingerprint density at radius 1 is 0.851 bits per heavy atom. The maximum atomic E-state index is 14.9. The first-order valence-electron chi connectivity index (χ1n) is 16.5. The Balaban J connectivity index is 1.34. The molecule has 3 aromatic rings. The van der Waals surface area contributed by atoms with Crippen molar-refractivity contribution in [1.82, 2.24) is 4.90 Å². The quantitative estimate of drug-likeness (QED) is 0.377. The van der Waals surface area contributed by atoms with Crippen molar-refractivity contribution in [2.45, 2.75) is 51.0 Å². The fourth-order valence-electron chi connectivity index (χ4n) is 8.14. The van der Waals surface area contributed by atoms with E-state index in [9.17, 15) is 19.5 Å². The molecule has 244 valence electrons. The Morgan fingerprint density at radius 3 is 2.19 bits per heavy atom. The molecule has 0 aliphatic carbocycles. The zero-order chi connectivity index (χ0) is 33.1. The second-order valence-electron chi connectivity index (χ2n) is 13.4. The van der Waals surface area contributed by atoms with Gasteiger partial charge in [0.25, 0.3) is 5.91 Å². The standard InChI is InChI=1S/C38H41N3O6/c1-5-46-29-16-14-27(15-17-29)39-20-8-18-37(4)31(34(39)43)32-35(44)41(30(23-42)24(2)3)33-36(45)40(21-9-19-38(32,33)47-37)28-13-12-25-10-6-7-11-26(25)22-28/h6-19,22,24,30-33,42H,5,20-21,23H2,1-4H3/t30-,31-,32-,33?,37+,38-/m0/s1. The number of hydrogen-bond acceptors (Lipinski definition) is 6. The van der Waals surface area contributed by atoms with Crippen LogP contribution in [0.1, 0.15) is 27.7 Å². The lowest BCUT2D eigenvalue weighted by Gasteiger charge is -2.41. The van der Waals surface area contributed by atoms with E-state index in [0.717, 1.165) is 10.8 Å². The molecule has 1 N–H and O–H groups in total. The fourth-order valence-corrected chi connectivity index (χ4v) is 8.14. The summed E-state index contributed by atoms with van der Waals surface area (Å²) < 4.78 is 12.6. The van der Waals surface area contributed by atoms with Crippen LogP contribution in [-0.4, -0.2) is 77.3 Å². The lowest BCUT2D eigenvalue weighted by molar-refractivity contribution is -0.149. The largest absolute Gasteiger partial charge is 0.494 e. The average Bonchev–Trinajstić information content (AvgIpc) is 3.32. The van der Waals surface area contributed by atoms with E-state index in [2.05, 4.69) is 0 Å². The minimum Gasteiger partial charge on any atom is -0.494 e. The number of anilines is 2. The number of likely N-dealkylation sites (tertiary alicyclic amines) is 1. The van der Waals surface area contributed by atoms with Gasteiger partial charge < -0.3 is 29.3 Å². The minimum absolute atomic E-state index is 0.162. The second-order valence-corrected chi connectivity index (χ2v) is 13.4. The molecule has 1 spiro atoms. The number of ether oxygens (including phenoxy) is 2. The molecule has 47 heavy (non-hydrogen) atoms. The van der Waals surface area contributed by atoms with Crippen LogP contribution in [0.15, 0.2) is 91.0 Å². The number of rotatable bonds is 7. The predicted octanol–water partition coefficient (Wildman–Crippen LogP) is 4.73. The molecule has 2 saturated heterocycles. The Labute approximate surface area is 275 Å². The number of carbonyl (C=O) groups excluding carboxylic acids is 3. The number of carbonyl (C=O) groups is 3. The summed E-state index contributed by atoms with van der Waals surface area (Å²) in [5.74, 6) is -2.27. The van der Waals surface area contributed by atoms with Gasteiger partial charge in [-0.3, -0.25) is 14.4 Å². The minimum atomic E-state index is -1.43. The monoisotopic (exact) mass is 635 g/mol. The van der Waals surface area contributed by atoms with Gasteiger partial charge in [0.2, 0.25) is 11.8 Å². The molecule has 2 fully saturated rings. The highest BCUT2D eigenvalue weighted by atomic mass is 16.5. The Morgan fingerprint density at radius 2 is 1.51 bits per heavy atom. The van der Waals surface area contributed by atoms with E-state index in [4.69, 9.17) is 9.47 Å². The van der Waals surface area contributed by atoms with Gasteiger partial charge in [0.05, 0.1) is 36.7 Å². The Hall–Kier alpha value is -4.47. The van der Waals surface area contributed by atoms with Gasteiger partial charge in [-0.1, -0.05) is 68.5 Å². The number of benzene rings is 3. The van der Waals surface area contributed by atoms with Crippen molar-refractivity contribution in [2.75, 3.05) is 36.1 Å². The summed E-state index contributed by atoms with van der Waals surface area (Å²) in [6, 6.07) is 19.4. The van der Waals surface area contributed by atoms with Crippen LogP contribution >= 0.6 is 0 Å². The van der Waals surface area contributed by atoms with Crippen molar-refractivity contribution < 1.29 is 29.0 Å². The Bertz CT molecular complexity index is 1790. The van der Waals surface area contributed by atoms with Crippen molar-refractivity contribution in [3.63, 3.8) is 0 Å². The number of hydrogen-bond donors (Lipinski definition) is 1. The summed E-state index contributed by atoms with van der Waals surface area (Å²) in [6.45, 7) is 8.37. The third-order valence-corrected chi connectivity index (χ3v) is 10.3. The van der Waals surface area contributed by atoms with Gasteiger partial charge in [-0.05, 0) is 66.9 Å². The highest BCUT2D eigenvalue weighted by Gasteiger charge is 2.75. The van der Waals surface area contributed by atoms with Crippen molar-refractivity contribution in [3.05, 3.63) is 91.0 Å². The number of aliphatic hydroxyl groups excluding tert-OH is 1. The van der Waals surface area contributed by atoms with Crippen LogP contribution in [0.4, 0.5) is 11.4 Å². The Kier molecular flexibility index (Phi) is 7.72. The molecule has 4 aliphatic rings. The molecule has 4 heterocycles. The highest BCUT2D eigenvalue weighted by Crippen LogP contribution is 2.58. The molecule has 0 radical (unpaired) electrons. The van der Waals surface area contributed by atoms with Gasteiger partial charge in [0, 0.05) is 24.5 Å². The summed E-state index contributed by atoms with van der Waals surface area (Å²) >= 11 is 0. The molecule has 9 nitrogen and oxygen atoms in total. The first kappa shape index (κ1) is 31.1. The van der Waals surface area contributed by atoms with E-state index in [0.29, 0.717) is 30.3 Å². The van der Waals surface area contributed by atoms with E-state index in [1.54, 1.807) is 9.80 Å². The first-order chi connectivity index (χ1) is 22.6. The zero-order valence-corrected chi connectivity index (χ0v) is 27.2. The molecule has 1 unspecified atom stereocenters. The van der Waals surface area contributed by atoms with Crippen molar-refractivity contribution in [2.24, 2.45) is 17.8 Å². The van der Waals surface area contributed by atoms with Gasteiger partial charge in [-0.15, -0.1) is 0 Å². The summed E-state index contributed by atoms with van der Waals surface area (Å²) in [4.78, 5) is 49.4. The van der Waals surface area contributed by atoms with Crippen LogP contribution in [0, 0.1) is 17.8 Å². The predicted molar refractivity (Wildman–Crippen MR) is 180 cm³/mol. The van der Waals surface area contributed by atoms with Gasteiger partial charge in [0.15, 0.2) is 0 Å². The molecule has 3 aromatic carbocycles. The third kappa shape index (κ3) is 4.78. The molecule has 4 aliphatic heterocycles. The molecule has 3 amide bonds. The van der Waals surface area contributed by atoms with Crippen LogP contribution < -0.4 is 14.5 Å². The second kappa shape index (κ2) is 11.6. The topological polar surface area (TPSA) is 99.6 Å². The zero-order valence-electron chi connectivity index (χ0n) is 27.2. The van der Waals surface area contributed by atoms with Crippen LogP contribution in [-0.2, 0) is 19.1 Å². The molecule has 7 rings (SSSR count). The third-order valence-electron chi connectivity index (χ3n) is 10.3. The van der Waals surface area contributed by atoms with Crippen LogP contribution in [0.2, 0.25) is 0 Å². The summed E-state index contributed by atoms with van der Waals surface area (Å²) in [7, 11) is 0. The van der Waals surface area contributed by atoms with Crippen LogP contribution in [0.3, 0.4) is 0 Å². The normalized spacial score (nSPS) is 29.2. The van der Waals surface area contributed by atoms with Gasteiger partial charge in [0.1, 0.15) is 17.4 Å². The van der Waals surface area contributed by atoms with Gasteiger partial charge in [-0.25, -0.2) is 0 Å². The van der Waals surface area contributed by atoms with Gasteiger partial charge >= 0.3 is 0 Å². The number of nitrogens with zero attached hydrogens (tertiary/aromatic N) is 3. The molecule has 6 atom stereocenters. The SMILES string of the molecule is CCOc1ccc(N2CC=C[C@@]3(C)O[C@]45C=CCN(c6ccc7ccccc7c6)C(=O)C4N([C@@H](CO)C(C)C)C(=O)[C@@H]5[C@H]3C2=O)cc1. The van der Waals surface area contributed by atoms with Crippen molar-refractivity contribution in [3.8, 4) is 5.75 Å². The summed E-state index contributed by atoms with van der Waals surface area (Å²) in [5.41, 5.74) is -1.20. The molecule has 0 bridgehead atoms. The van der Waals surface area contributed by atoms with E-state index >= 15 is 0 Å². The van der Waals surface area contributed by atoms with Crippen LogP contribution in [0.5, 0.6) is 5.75 Å². The molecule has 0 saturated carbocycles. The molecule has 0 aromatic heterocycles. The van der Waals surface area contributed by atoms with E-state index in [-0.39, 0.29) is 36.8 Å². The van der Waals surface area contributed by atoms with Crippen LogP contribution in [0.25, 0.3) is 10.8 Å². The number of aliphatic hydroxyl groups is 1. The van der Waals surface area contributed by atoms with E-state index in [1.807, 2.05) is 119 Å². The first-order valence-corrected chi connectivity index (χ1v) is 16.5. The van der Waals surface area contributed by atoms with E-state index in [1.165, 1.54) is 4.90 Å². The maximum Gasteiger partial charge on any atom is 0.253 e.